The molecule has 2 aromatic carbocycles. The summed E-state index contributed by atoms with van der Waals surface area (Å²) in [6.45, 7) is 6.26. The van der Waals surface area contributed by atoms with Crippen LogP contribution >= 0.6 is 0 Å². The summed E-state index contributed by atoms with van der Waals surface area (Å²) in [6, 6.07) is 16.1. The molecule has 0 unspecified atom stereocenters. The van der Waals surface area contributed by atoms with Crippen LogP contribution in [0, 0.1) is 0 Å². The number of rotatable bonds is 10. The van der Waals surface area contributed by atoms with E-state index < -0.39 is 0 Å². The van der Waals surface area contributed by atoms with E-state index >= 15 is 0 Å². The minimum atomic E-state index is -0.102. The summed E-state index contributed by atoms with van der Waals surface area (Å²) in [5, 5.41) is 3.28. The number of methoxy groups -OCH3 is 2. The third-order valence-corrected chi connectivity index (χ3v) is 9.66. The summed E-state index contributed by atoms with van der Waals surface area (Å²) in [6.07, 6.45) is 6.20. The van der Waals surface area contributed by atoms with Crippen molar-refractivity contribution in [1.82, 2.24) is 30.2 Å². The zero-order valence-electron chi connectivity index (χ0n) is 29.0. The molecular formula is C37H45N9O4. The second kappa shape index (κ2) is 15.3. The van der Waals surface area contributed by atoms with Crippen molar-refractivity contribution in [2.75, 3.05) is 81.9 Å². The fraction of sp³-hybridized carbons (Fsp3) is 0.432. The van der Waals surface area contributed by atoms with Gasteiger partial charge in [-0.1, -0.05) is 24.3 Å². The fourth-order valence-electron chi connectivity index (χ4n) is 6.70. The molecule has 262 valence electrons. The molecule has 2 amide bonds. The van der Waals surface area contributed by atoms with Crippen molar-refractivity contribution in [2.24, 2.45) is 0 Å². The normalized spacial score (nSPS) is 16.6. The van der Waals surface area contributed by atoms with Gasteiger partial charge >= 0.3 is 6.03 Å². The molecule has 0 spiro atoms. The zero-order chi connectivity index (χ0) is 34.5. The second-order valence-corrected chi connectivity index (χ2v) is 13.0. The number of hydrogen-bond donors (Lipinski definition) is 1. The van der Waals surface area contributed by atoms with Crippen LogP contribution in [0.25, 0.3) is 11.3 Å². The Hall–Kier alpha value is -5.01. The lowest BCUT2D eigenvalue weighted by atomic mass is 10.1. The Bertz CT molecular complexity index is 1690. The summed E-state index contributed by atoms with van der Waals surface area (Å²) in [7, 11) is 5.45. The molecule has 5 heterocycles. The summed E-state index contributed by atoms with van der Waals surface area (Å²) in [4.78, 5) is 41.8. The number of morpholine rings is 1. The van der Waals surface area contributed by atoms with Crippen LogP contribution in [0.4, 0.5) is 22.5 Å². The van der Waals surface area contributed by atoms with E-state index in [1.807, 2.05) is 36.7 Å². The van der Waals surface area contributed by atoms with Gasteiger partial charge in [0.15, 0.2) is 0 Å². The summed E-state index contributed by atoms with van der Waals surface area (Å²) in [5.41, 5.74) is 4.69. The quantitative estimate of drug-likeness (QED) is 0.260. The van der Waals surface area contributed by atoms with Gasteiger partial charge in [-0.25, -0.2) is 19.7 Å². The highest BCUT2D eigenvalue weighted by Crippen LogP contribution is 2.36. The minimum Gasteiger partial charge on any atom is -0.497 e. The van der Waals surface area contributed by atoms with Crippen molar-refractivity contribution in [1.29, 1.82) is 0 Å². The molecule has 2 saturated heterocycles. The molecule has 0 bridgehead atoms. The van der Waals surface area contributed by atoms with Gasteiger partial charge in [-0.3, -0.25) is 4.90 Å². The molecule has 2 fully saturated rings. The molecule has 4 aromatic rings. The van der Waals surface area contributed by atoms with Crippen molar-refractivity contribution in [3.63, 3.8) is 0 Å². The first-order valence-corrected chi connectivity index (χ1v) is 17.3. The van der Waals surface area contributed by atoms with E-state index in [9.17, 15) is 4.79 Å². The fourth-order valence-corrected chi connectivity index (χ4v) is 6.70. The van der Waals surface area contributed by atoms with Crippen molar-refractivity contribution >= 4 is 23.7 Å². The predicted octanol–water partition coefficient (Wildman–Crippen LogP) is 4.16. The van der Waals surface area contributed by atoms with Crippen LogP contribution in [0.15, 0.2) is 60.9 Å². The number of aromatic nitrogens is 4. The number of urea groups is 1. The highest BCUT2D eigenvalue weighted by Gasteiger charge is 2.33. The molecular weight excluding hydrogens is 634 g/mol. The van der Waals surface area contributed by atoms with E-state index in [0.29, 0.717) is 70.1 Å². The van der Waals surface area contributed by atoms with Crippen LogP contribution in [-0.4, -0.2) is 104 Å². The number of nitrogens with one attached hydrogen (secondary N) is 1. The number of benzene rings is 2. The van der Waals surface area contributed by atoms with E-state index in [4.69, 9.17) is 34.1 Å². The Morgan fingerprint density at radius 1 is 0.860 bits per heavy atom. The van der Waals surface area contributed by atoms with Crippen LogP contribution in [0.1, 0.15) is 29.5 Å². The third kappa shape index (κ3) is 7.58. The lowest BCUT2D eigenvalue weighted by Crippen LogP contribution is -2.48. The maximum Gasteiger partial charge on any atom is 0.323 e. The Labute approximate surface area is 293 Å². The number of fused-ring (bicyclic) bond motifs is 1. The number of ether oxygens (including phenoxy) is 3. The largest absolute Gasteiger partial charge is 0.497 e. The second-order valence-electron chi connectivity index (χ2n) is 13.0. The number of likely N-dealkylation sites (tertiary alicyclic amines) is 1. The summed E-state index contributed by atoms with van der Waals surface area (Å²) in [5.74, 6) is 3.46. The minimum absolute atomic E-state index is 0.102. The lowest BCUT2D eigenvalue weighted by molar-refractivity contribution is 0.122. The standard InChI is InChI=1S/C37H45N9O4/c1-43-15-12-29(13-16-43)40-37(47)46-17-14-32-33(41-36(42-34(32)46)44-18-20-50-21-19-44)28-22-38-35(39-23-28)45(24-26-4-8-30(48-2)9-5-26)25-27-6-10-31(49-3)11-7-27/h4-11,22-23,29H,12-21,24-25H2,1-3H3,(H,40,47). The Morgan fingerprint density at radius 3 is 2.04 bits per heavy atom. The van der Waals surface area contributed by atoms with Gasteiger partial charge in [0.2, 0.25) is 11.9 Å². The first kappa shape index (κ1) is 33.5. The zero-order valence-corrected chi connectivity index (χ0v) is 29.0. The average molecular weight is 680 g/mol. The highest BCUT2D eigenvalue weighted by molar-refractivity contribution is 5.94. The van der Waals surface area contributed by atoms with E-state index in [1.165, 1.54) is 0 Å². The SMILES string of the molecule is COc1ccc(CN(Cc2ccc(OC)cc2)c2ncc(-c3nc(N4CCOCC4)nc4c3CCN4C(=O)NC3CCN(C)CC3)cn2)cc1. The molecule has 50 heavy (non-hydrogen) atoms. The van der Waals surface area contributed by atoms with Gasteiger partial charge in [0.05, 0.1) is 33.1 Å². The number of carbonyl (C=O) groups is 1. The number of anilines is 3. The van der Waals surface area contributed by atoms with Gasteiger partial charge < -0.3 is 34.2 Å². The molecule has 2 aromatic heterocycles. The maximum atomic E-state index is 13.6. The van der Waals surface area contributed by atoms with Gasteiger partial charge in [-0.15, -0.1) is 0 Å². The van der Waals surface area contributed by atoms with Crippen LogP contribution in [0.2, 0.25) is 0 Å². The summed E-state index contributed by atoms with van der Waals surface area (Å²) < 4.78 is 16.4. The smallest absolute Gasteiger partial charge is 0.323 e. The van der Waals surface area contributed by atoms with Crippen LogP contribution in [0.5, 0.6) is 11.5 Å². The maximum absolute atomic E-state index is 13.6. The molecule has 13 nitrogen and oxygen atoms in total. The number of hydrogen-bond acceptors (Lipinski definition) is 11. The van der Waals surface area contributed by atoms with Crippen molar-refractivity contribution in [3.8, 4) is 22.8 Å². The lowest BCUT2D eigenvalue weighted by Gasteiger charge is -2.31. The van der Waals surface area contributed by atoms with Gasteiger partial charge in [-0.2, -0.15) is 4.98 Å². The van der Waals surface area contributed by atoms with Crippen LogP contribution in [0.3, 0.4) is 0 Å². The number of carbonyl (C=O) groups excluding carboxylic acids is 1. The monoisotopic (exact) mass is 679 g/mol. The first-order valence-electron chi connectivity index (χ1n) is 17.3. The Kier molecular flexibility index (Phi) is 10.2. The van der Waals surface area contributed by atoms with Crippen LogP contribution < -0.4 is 29.5 Å². The van der Waals surface area contributed by atoms with Gasteiger partial charge in [0.25, 0.3) is 0 Å². The number of nitrogens with zero attached hydrogens (tertiary/aromatic N) is 8. The van der Waals surface area contributed by atoms with Crippen molar-refractivity contribution in [3.05, 3.63) is 77.6 Å². The Balaban J connectivity index is 1.18. The first-order chi connectivity index (χ1) is 24.5. The van der Waals surface area contributed by atoms with E-state index in [0.717, 1.165) is 65.4 Å². The van der Waals surface area contributed by atoms with E-state index in [1.54, 1.807) is 19.1 Å². The molecule has 0 saturated carbocycles. The molecule has 3 aliphatic heterocycles. The molecule has 3 aliphatic rings. The topological polar surface area (TPSA) is 121 Å². The highest BCUT2D eigenvalue weighted by atomic mass is 16.5. The molecule has 13 heteroatoms. The molecule has 0 radical (unpaired) electrons. The molecule has 0 atom stereocenters. The Morgan fingerprint density at radius 2 is 1.46 bits per heavy atom. The van der Waals surface area contributed by atoms with E-state index in [2.05, 4.69) is 51.3 Å². The molecule has 0 aliphatic carbocycles. The average Bonchev–Trinajstić information content (AvgIpc) is 3.60. The van der Waals surface area contributed by atoms with Gasteiger partial charge in [0, 0.05) is 62.3 Å². The third-order valence-electron chi connectivity index (χ3n) is 9.66. The summed E-state index contributed by atoms with van der Waals surface area (Å²) >= 11 is 0. The van der Waals surface area contributed by atoms with Crippen molar-refractivity contribution < 1.29 is 19.0 Å². The number of piperidine rings is 1. The molecule has 1 N–H and O–H groups in total. The van der Waals surface area contributed by atoms with Crippen molar-refractivity contribution in [2.45, 2.75) is 38.4 Å². The van der Waals surface area contributed by atoms with Gasteiger partial charge in [-0.05, 0) is 74.8 Å². The molecule has 7 rings (SSSR count). The van der Waals surface area contributed by atoms with E-state index in [-0.39, 0.29) is 12.1 Å². The van der Waals surface area contributed by atoms with Gasteiger partial charge in [0.1, 0.15) is 17.3 Å². The van der Waals surface area contributed by atoms with Crippen LogP contribution in [-0.2, 0) is 24.2 Å². The predicted molar refractivity (Wildman–Crippen MR) is 192 cm³/mol. The number of amides is 2.